The lowest BCUT2D eigenvalue weighted by molar-refractivity contribution is 0.220. The Morgan fingerprint density at radius 3 is 2.56 bits per heavy atom. The van der Waals surface area contributed by atoms with E-state index in [2.05, 4.69) is 10.5 Å². The van der Waals surface area contributed by atoms with Crippen LogP contribution in [0.2, 0.25) is 0 Å². The third-order valence-electron chi connectivity index (χ3n) is 2.20. The lowest BCUT2D eigenvalue weighted by Gasteiger charge is -2.16. The molecule has 6 nitrogen and oxygen atoms in total. The molecule has 0 fully saturated rings. The zero-order valence-electron chi connectivity index (χ0n) is 11.1. The van der Waals surface area contributed by atoms with Crippen molar-refractivity contribution in [2.24, 2.45) is 0 Å². The summed E-state index contributed by atoms with van der Waals surface area (Å²) in [6.07, 6.45) is 0.353. The maximum absolute atomic E-state index is 12.1. The van der Waals surface area contributed by atoms with Crippen molar-refractivity contribution in [2.45, 2.75) is 27.3 Å². The first kappa shape index (κ1) is 15.4. The number of nitrogens with zero attached hydrogens (tertiary/aromatic N) is 1. The average Bonchev–Trinajstić information content (AvgIpc) is 2.71. The van der Waals surface area contributed by atoms with Gasteiger partial charge < -0.3 is 18.9 Å². The Labute approximate surface area is 108 Å². The van der Waals surface area contributed by atoms with E-state index in [9.17, 15) is 4.57 Å². The quantitative estimate of drug-likeness (QED) is 0.551. The van der Waals surface area contributed by atoms with Gasteiger partial charge in [-0.3, -0.25) is 4.57 Å². The molecular weight excluding hydrogens is 255 g/mol. The van der Waals surface area contributed by atoms with Crippen LogP contribution in [-0.2, 0) is 20.2 Å². The number of rotatable bonds is 9. The second-order valence-corrected chi connectivity index (χ2v) is 5.96. The van der Waals surface area contributed by atoms with Gasteiger partial charge in [0.05, 0.1) is 25.1 Å². The van der Waals surface area contributed by atoms with Gasteiger partial charge in [0.2, 0.25) is 0 Å². The van der Waals surface area contributed by atoms with E-state index < -0.39 is 7.60 Å². The zero-order valence-corrected chi connectivity index (χ0v) is 12.0. The second-order valence-electron chi connectivity index (χ2n) is 3.78. The van der Waals surface area contributed by atoms with E-state index in [1.54, 1.807) is 13.8 Å². The van der Waals surface area contributed by atoms with Gasteiger partial charge in [0, 0.05) is 19.2 Å². The predicted molar refractivity (Wildman–Crippen MR) is 68.7 cm³/mol. The van der Waals surface area contributed by atoms with Crippen LogP contribution >= 0.6 is 7.60 Å². The van der Waals surface area contributed by atoms with Crippen LogP contribution in [0.3, 0.4) is 0 Å². The highest BCUT2D eigenvalue weighted by Gasteiger charge is 2.22. The fourth-order valence-corrected chi connectivity index (χ4v) is 3.04. The SMILES string of the molecule is CCOP(=O)(CCNCc1cc(C)on1)OCC. The van der Waals surface area contributed by atoms with Crippen molar-refractivity contribution in [3.05, 3.63) is 17.5 Å². The Kier molecular flexibility index (Phi) is 6.57. The maximum atomic E-state index is 12.1. The Balaban J connectivity index is 2.28. The highest BCUT2D eigenvalue weighted by Crippen LogP contribution is 2.47. The van der Waals surface area contributed by atoms with Gasteiger partial charge in [0.1, 0.15) is 5.76 Å². The smallest absolute Gasteiger partial charge is 0.331 e. The normalized spacial score (nSPS) is 11.9. The molecule has 0 saturated heterocycles. The summed E-state index contributed by atoms with van der Waals surface area (Å²) >= 11 is 0. The number of hydrogen-bond donors (Lipinski definition) is 1. The maximum Gasteiger partial charge on any atom is 0.331 e. The third kappa shape index (κ3) is 5.31. The second kappa shape index (κ2) is 7.69. The van der Waals surface area contributed by atoms with E-state index in [-0.39, 0.29) is 0 Å². The minimum absolute atomic E-state index is 0.353. The Bertz CT molecular complexity index is 384. The molecule has 0 spiro atoms. The van der Waals surface area contributed by atoms with Crippen LogP contribution in [-0.4, -0.2) is 31.1 Å². The van der Waals surface area contributed by atoms with Gasteiger partial charge in [0.25, 0.3) is 0 Å². The van der Waals surface area contributed by atoms with Gasteiger partial charge >= 0.3 is 7.60 Å². The number of hydrogen-bond acceptors (Lipinski definition) is 6. The molecular formula is C11H21N2O4P. The Morgan fingerprint density at radius 1 is 1.39 bits per heavy atom. The van der Waals surface area contributed by atoms with Crippen molar-refractivity contribution in [2.75, 3.05) is 25.9 Å². The van der Waals surface area contributed by atoms with Crippen LogP contribution in [0.15, 0.2) is 10.6 Å². The van der Waals surface area contributed by atoms with E-state index in [1.165, 1.54) is 0 Å². The lowest BCUT2D eigenvalue weighted by Crippen LogP contribution is -2.19. The van der Waals surface area contributed by atoms with E-state index in [1.807, 2.05) is 13.0 Å². The molecule has 0 aliphatic carbocycles. The lowest BCUT2D eigenvalue weighted by atomic mass is 10.4. The molecule has 0 radical (unpaired) electrons. The van der Waals surface area contributed by atoms with Crippen molar-refractivity contribution in [3.63, 3.8) is 0 Å². The number of nitrogens with one attached hydrogen (secondary N) is 1. The van der Waals surface area contributed by atoms with Gasteiger partial charge in [-0.1, -0.05) is 5.16 Å². The van der Waals surface area contributed by atoms with Crippen LogP contribution < -0.4 is 5.32 Å². The fourth-order valence-electron chi connectivity index (χ4n) is 1.49. The summed E-state index contributed by atoms with van der Waals surface area (Å²) in [7, 11) is -2.94. The molecule has 1 aromatic rings. The molecule has 1 rings (SSSR count). The molecule has 1 N–H and O–H groups in total. The first-order valence-corrected chi connectivity index (χ1v) is 7.83. The van der Waals surface area contributed by atoms with E-state index >= 15 is 0 Å². The van der Waals surface area contributed by atoms with Crippen molar-refractivity contribution in [1.29, 1.82) is 0 Å². The molecule has 18 heavy (non-hydrogen) atoms. The summed E-state index contributed by atoms with van der Waals surface area (Å²) in [6.45, 7) is 7.35. The molecule has 7 heteroatoms. The topological polar surface area (TPSA) is 73.6 Å². The molecule has 1 aromatic heterocycles. The van der Waals surface area contributed by atoms with Gasteiger partial charge in [-0.05, 0) is 20.8 Å². The molecule has 0 bridgehead atoms. The van der Waals surface area contributed by atoms with Crippen LogP contribution in [0.5, 0.6) is 0 Å². The zero-order chi connectivity index (χ0) is 13.4. The van der Waals surface area contributed by atoms with Crippen molar-refractivity contribution >= 4 is 7.60 Å². The molecule has 0 saturated carbocycles. The van der Waals surface area contributed by atoms with Crippen LogP contribution in [0.4, 0.5) is 0 Å². The van der Waals surface area contributed by atoms with Gasteiger partial charge in [-0.2, -0.15) is 0 Å². The van der Waals surface area contributed by atoms with Gasteiger partial charge in [0.15, 0.2) is 0 Å². The first-order chi connectivity index (χ1) is 8.59. The van der Waals surface area contributed by atoms with Crippen LogP contribution in [0.1, 0.15) is 25.3 Å². The summed E-state index contributed by atoms with van der Waals surface area (Å²) in [5.41, 5.74) is 0.829. The van der Waals surface area contributed by atoms with Crippen molar-refractivity contribution < 1.29 is 18.1 Å². The van der Waals surface area contributed by atoms with E-state index in [0.29, 0.717) is 32.5 Å². The predicted octanol–water partition coefficient (Wildman–Crippen LogP) is 2.34. The Hall–Kier alpha value is -0.680. The third-order valence-corrected chi connectivity index (χ3v) is 4.27. The molecule has 0 amide bonds. The highest BCUT2D eigenvalue weighted by atomic mass is 31.2. The standard InChI is InChI=1S/C11H21N2O4P/c1-4-15-18(14,16-5-2)7-6-12-9-11-8-10(3)17-13-11/h8,12H,4-7,9H2,1-3H3. The van der Waals surface area contributed by atoms with Gasteiger partial charge in [-0.25, -0.2) is 0 Å². The van der Waals surface area contributed by atoms with Crippen LogP contribution in [0.25, 0.3) is 0 Å². The molecule has 0 unspecified atom stereocenters. The Morgan fingerprint density at radius 2 is 2.06 bits per heavy atom. The van der Waals surface area contributed by atoms with Crippen LogP contribution in [0, 0.1) is 6.92 Å². The first-order valence-electron chi connectivity index (χ1n) is 6.10. The summed E-state index contributed by atoms with van der Waals surface area (Å²) in [5.74, 6) is 0.779. The van der Waals surface area contributed by atoms with E-state index in [4.69, 9.17) is 13.6 Å². The molecule has 0 aliphatic rings. The fraction of sp³-hybridized carbons (Fsp3) is 0.727. The molecule has 0 aromatic carbocycles. The number of aryl methyl sites for hydroxylation is 1. The average molecular weight is 276 g/mol. The molecule has 0 atom stereocenters. The summed E-state index contributed by atoms with van der Waals surface area (Å²) in [4.78, 5) is 0. The van der Waals surface area contributed by atoms with E-state index in [0.717, 1.165) is 11.5 Å². The minimum Gasteiger partial charge on any atom is -0.361 e. The van der Waals surface area contributed by atoms with Gasteiger partial charge in [-0.15, -0.1) is 0 Å². The summed E-state index contributed by atoms with van der Waals surface area (Å²) < 4.78 is 27.4. The largest absolute Gasteiger partial charge is 0.361 e. The molecule has 1 heterocycles. The minimum atomic E-state index is -2.94. The monoisotopic (exact) mass is 276 g/mol. The highest BCUT2D eigenvalue weighted by molar-refractivity contribution is 7.53. The number of aromatic nitrogens is 1. The summed E-state index contributed by atoms with van der Waals surface area (Å²) in [6, 6.07) is 1.86. The van der Waals surface area contributed by atoms with Crippen molar-refractivity contribution in [3.8, 4) is 0 Å². The molecule has 104 valence electrons. The molecule has 0 aliphatic heterocycles. The van der Waals surface area contributed by atoms with Crippen molar-refractivity contribution in [1.82, 2.24) is 10.5 Å². The summed E-state index contributed by atoms with van der Waals surface area (Å²) in [5, 5.41) is 6.99.